The lowest BCUT2D eigenvalue weighted by Crippen LogP contribution is -2.52. The molecule has 23 heavy (non-hydrogen) atoms. The van der Waals surface area contributed by atoms with E-state index in [1.54, 1.807) is 21.9 Å². The minimum atomic E-state index is -0.326. The van der Waals surface area contributed by atoms with Crippen molar-refractivity contribution in [2.45, 2.75) is 6.42 Å². The molecule has 2 aromatic carbocycles. The standard InChI is InChI=1S/C18H17FN2O2/c19-15-8-6-14(7-9-15)12-17(22)20-10-11-21(18(23)13-20)16-4-2-1-3-5-16/h1-9H,10-13H2. The first-order valence-electron chi connectivity index (χ1n) is 7.51. The van der Waals surface area contributed by atoms with Gasteiger partial charge in [0.15, 0.2) is 0 Å². The van der Waals surface area contributed by atoms with E-state index in [0.717, 1.165) is 11.3 Å². The number of halogens is 1. The van der Waals surface area contributed by atoms with Crippen LogP contribution in [0, 0.1) is 5.82 Å². The summed E-state index contributed by atoms with van der Waals surface area (Å²) in [4.78, 5) is 27.8. The van der Waals surface area contributed by atoms with Crippen molar-refractivity contribution in [3.63, 3.8) is 0 Å². The number of nitrogens with zero attached hydrogens (tertiary/aromatic N) is 2. The van der Waals surface area contributed by atoms with Gasteiger partial charge in [-0.25, -0.2) is 4.39 Å². The van der Waals surface area contributed by atoms with Gasteiger partial charge in [0.05, 0.1) is 6.42 Å². The number of anilines is 1. The third-order valence-corrected chi connectivity index (χ3v) is 3.91. The van der Waals surface area contributed by atoms with Crippen molar-refractivity contribution in [2.24, 2.45) is 0 Å². The molecule has 0 bridgehead atoms. The van der Waals surface area contributed by atoms with Gasteiger partial charge in [0, 0.05) is 18.8 Å². The first-order valence-corrected chi connectivity index (χ1v) is 7.51. The monoisotopic (exact) mass is 312 g/mol. The predicted molar refractivity (Wildman–Crippen MR) is 85.5 cm³/mol. The van der Waals surface area contributed by atoms with Crippen molar-refractivity contribution in [3.05, 3.63) is 66.0 Å². The molecule has 0 saturated carbocycles. The van der Waals surface area contributed by atoms with Crippen LogP contribution in [-0.4, -0.2) is 36.3 Å². The van der Waals surface area contributed by atoms with Crippen molar-refractivity contribution < 1.29 is 14.0 Å². The summed E-state index contributed by atoms with van der Waals surface area (Å²) in [6.07, 6.45) is 0.179. The summed E-state index contributed by atoms with van der Waals surface area (Å²) in [5, 5.41) is 0. The van der Waals surface area contributed by atoms with E-state index in [4.69, 9.17) is 0 Å². The SMILES string of the molecule is O=C(Cc1ccc(F)cc1)N1CCN(c2ccccc2)C(=O)C1. The molecule has 2 amide bonds. The molecule has 0 atom stereocenters. The summed E-state index contributed by atoms with van der Waals surface area (Å²) in [6.45, 7) is 1.06. The Kier molecular flexibility index (Phi) is 4.37. The van der Waals surface area contributed by atoms with Crippen LogP contribution >= 0.6 is 0 Å². The zero-order chi connectivity index (χ0) is 16.2. The van der Waals surface area contributed by atoms with E-state index in [9.17, 15) is 14.0 Å². The quantitative estimate of drug-likeness (QED) is 0.872. The Morgan fingerprint density at radius 3 is 2.35 bits per heavy atom. The van der Waals surface area contributed by atoms with E-state index < -0.39 is 0 Å². The third-order valence-electron chi connectivity index (χ3n) is 3.91. The number of para-hydroxylation sites is 1. The molecule has 3 rings (SSSR count). The molecule has 0 N–H and O–H groups in total. The molecule has 0 unspecified atom stereocenters. The van der Waals surface area contributed by atoms with Crippen molar-refractivity contribution >= 4 is 17.5 Å². The summed E-state index contributed by atoms with van der Waals surface area (Å²) in [7, 11) is 0. The van der Waals surface area contributed by atoms with E-state index in [0.29, 0.717) is 13.1 Å². The zero-order valence-corrected chi connectivity index (χ0v) is 12.6. The average molecular weight is 312 g/mol. The second-order valence-corrected chi connectivity index (χ2v) is 5.50. The van der Waals surface area contributed by atoms with Gasteiger partial charge in [0.25, 0.3) is 0 Å². The summed E-state index contributed by atoms with van der Waals surface area (Å²) in [6, 6.07) is 15.3. The first kappa shape index (κ1) is 15.2. The van der Waals surface area contributed by atoms with Gasteiger partial charge in [0.2, 0.25) is 11.8 Å². The molecular weight excluding hydrogens is 295 g/mol. The highest BCUT2D eigenvalue weighted by molar-refractivity contribution is 5.98. The smallest absolute Gasteiger partial charge is 0.246 e. The maximum atomic E-state index is 12.9. The fourth-order valence-electron chi connectivity index (χ4n) is 2.66. The Morgan fingerprint density at radius 2 is 1.70 bits per heavy atom. The average Bonchev–Trinajstić information content (AvgIpc) is 2.57. The molecule has 1 fully saturated rings. The molecule has 1 heterocycles. The van der Waals surface area contributed by atoms with Crippen LogP contribution in [0.3, 0.4) is 0 Å². The van der Waals surface area contributed by atoms with E-state index in [1.807, 2.05) is 30.3 Å². The number of amides is 2. The van der Waals surface area contributed by atoms with Crippen molar-refractivity contribution in [2.75, 3.05) is 24.5 Å². The fraction of sp³-hybridized carbons (Fsp3) is 0.222. The van der Waals surface area contributed by atoms with Crippen LogP contribution in [0.15, 0.2) is 54.6 Å². The Labute approximate surface area is 134 Å². The Hall–Kier alpha value is -2.69. The van der Waals surface area contributed by atoms with Crippen LogP contribution in [0.5, 0.6) is 0 Å². The summed E-state index contributed by atoms with van der Waals surface area (Å²) >= 11 is 0. The lowest BCUT2D eigenvalue weighted by atomic mass is 10.1. The summed E-state index contributed by atoms with van der Waals surface area (Å²) < 4.78 is 12.9. The fourth-order valence-corrected chi connectivity index (χ4v) is 2.66. The van der Waals surface area contributed by atoms with Gasteiger partial charge >= 0.3 is 0 Å². The minimum Gasteiger partial charge on any atom is -0.331 e. The normalized spacial score (nSPS) is 14.9. The topological polar surface area (TPSA) is 40.6 Å². The molecule has 5 heteroatoms. The van der Waals surface area contributed by atoms with E-state index in [2.05, 4.69) is 0 Å². The summed E-state index contributed by atoms with van der Waals surface area (Å²) in [5.41, 5.74) is 1.59. The highest BCUT2D eigenvalue weighted by atomic mass is 19.1. The van der Waals surface area contributed by atoms with E-state index in [1.165, 1.54) is 12.1 Å². The highest BCUT2D eigenvalue weighted by Gasteiger charge is 2.27. The lowest BCUT2D eigenvalue weighted by molar-refractivity contribution is -0.136. The van der Waals surface area contributed by atoms with Crippen molar-refractivity contribution in [1.82, 2.24) is 4.90 Å². The lowest BCUT2D eigenvalue weighted by Gasteiger charge is -2.34. The van der Waals surface area contributed by atoms with Crippen LogP contribution < -0.4 is 4.90 Å². The van der Waals surface area contributed by atoms with Gasteiger partial charge in [0.1, 0.15) is 12.4 Å². The second-order valence-electron chi connectivity index (χ2n) is 5.50. The molecule has 0 radical (unpaired) electrons. The molecular formula is C18H17FN2O2. The maximum Gasteiger partial charge on any atom is 0.246 e. The largest absolute Gasteiger partial charge is 0.331 e. The molecule has 1 saturated heterocycles. The first-order chi connectivity index (χ1) is 11.1. The second kappa shape index (κ2) is 6.60. The third kappa shape index (κ3) is 3.56. The predicted octanol–water partition coefficient (Wildman–Crippen LogP) is 2.24. The number of piperazine rings is 1. The van der Waals surface area contributed by atoms with E-state index >= 15 is 0 Å². The van der Waals surface area contributed by atoms with Crippen LogP contribution in [0.2, 0.25) is 0 Å². The molecule has 2 aromatic rings. The van der Waals surface area contributed by atoms with Crippen LogP contribution in [-0.2, 0) is 16.0 Å². The van der Waals surface area contributed by atoms with E-state index in [-0.39, 0.29) is 30.6 Å². The Balaban J connectivity index is 1.62. The number of carbonyl (C=O) groups is 2. The Bertz CT molecular complexity index is 701. The van der Waals surface area contributed by atoms with Crippen molar-refractivity contribution in [3.8, 4) is 0 Å². The number of carbonyl (C=O) groups excluding carboxylic acids is 2. The molecule has 1 aliphatic heterocycles. The van der Waals surface area contributed by atoms with Crippen LogP contribution in [0.25, 0.3) is 0 Å². The minimum absolute atomic E-state index is 0.0783. The van der Waals surface area contributed by atoms with Gasteiger partial charge < -0.3 is 9.80 Å². The molecule has 1 aliphatic rings. The molecule has 0 aliphatic carbocycles. The zero-order valence-electron chi connectivity index (χ0n) is 12.6. The summed E-state index contributed by atoms with van der Waals surface area (Å²) in [5.74, 6) is -0.527. The maximum absolute atomic E-state index is 12.9. The molecule has 118 valence electrons. The van der Waals surface area contributed by atoms with Crippen molar-refractivity contribution in [1.29, 1.82) is 0 Å². The van der Waals surface area contributed by atoms with Gasteiger partial charge in [-0.1, -0.05) is 30.3 Å². The van der Waals surface area contributed by atoms with Gasteiger partial charge in [-0.15, -0.1) is 0 Å². The highest BCUT2D eigenvalue weighted by Crippen LogP contribution is 2.17. The molecule has 0 spiro atoms. The number of hydrogen-bond acceptors (Lipinski definition) is 2. The van der Waals surface area contributed by atoms with Gasteiger partial charge in [-0.05, 0) is 29.8 Å². The van der Waals surface area contributed by atoms with Gasteiger partial charge in [-0.3, -0.25) is 9.59 Å². The number of hydrogen-bond donors (Lipinski definition) is 0. The number of rotatable bonds is 3. The molecule has 4 nitrogen and oxygen atoms in total. The Morgan fingerprint density at radius 1 is 1.00 bits per heavy atom. The van der Waals surface area contributed by atoms with Crippen LogP contribution in [0.1, 0.15) is 5.56 Å². The van der Waals surface area contributed by atoms with Crippen LogP contribution in [0.4, 0.5) is 10.1 Å². The molecule has 0 aromatic heterocycles. The number of benzene rings is 2. The van der Waals surface area contributed by atoms with Gasteiger partial charge in [-0.2, -0.15) is 0 Å².